The Hall–Kier alpha value is -0.120. The molecule has 0 N–H and O–H groups in total. The van der Waals surface area contributed by atoms with Gasteiger partial charge in [-0.2, -0.15) is 0 Å². The first-order valence-corrected chi connectivity index (χ1v) is 20.5. The number of rotatable bonds is 6. The molecule has 0 heterocycles. The van der Waals surface area contributed by atoms with E-state index in [0.717, 1.165) is 53.3 Å². The number of hydrogen-bond donors (Lipinski definition) is 0. The predicted octanol–water partition coefficient (Wildman–Crippen LogP) is 12.1. The Balaban J connectivity index is 0.000000154. The molecular weight excluding hydrogens is 552 g/mol. The summed E-state index contributed by atoms with van der Waals surface area (Å²) in [6.07, 6.45) is 36.1. The Morgan fingerprint density at radius 3 is 0.556 bits per heavy atom. The third-order valence-electron chi connectivity index (χ3n) is 14.3. The van der Waals surface area contributed by atoms with Crippen molar-refractivity contribution in [3.05, 3.63) is 0 Å². The zero-order valence-corrected chi connectivity index (χ0v) is 31.1. The molecule has 264 valence electrons. The van der Waals surface area contributed by atoms with Crippen LogP contribution in [0.3, 0.4) is 0 Å². The molecule has 6 saturated carbocycles. The smallest absolute Gasteiger partial charge is 0.0571 e. The molecule has 0 aromatic carbocycles. The van der Waals surface area contributed by atoms with E-state index in [9.17, 15) is 0 Å². The molecule has 45 heavy (non-hydrogen) atoms. The van der Waals surface area contributed by atoms with Gasteiger partial charge in [-0.3, -0.25) is 0 Å². The third kappa shape index (κ3) is 12.7. The van der Waals surface area contributed by atoms with E-state index in [0.29, 0.717) is 18.3 Å². The maximum atomic E-state index is 5.44. The summed E-state index contributed by atoms with van der Waals surface area (Å²) in [6, 6.07) is 0. The summed E-state index contributed by atoms with van der Waals surface area (Å²) >= 11 is 0. The zero-order chi connectivity index (χ0) is 32.0. The maximum Gasteiger partial charge on any atom is 0.0571 e. The van der Waals surface area contributed by atoms with Crippen LogP contribution in [0.25, 0.3) is 0 Å². The Morgan fingerprint density at radius 2 is 0.400 bits per heavy atom. The quantitative estimate of drug-likeness (QED) is 0.292. The zero-order valence-electron chi connectivity index (χ0n) is 31.1. The highest BCUT2D eigenvalue weighted by molar-refractivity contribution is 4.83. The largest absolute Gasteiger partial charge is 0.381 e. The molecule has 6 fully saturated rings. The van der Waals surface area contributed by atoms with Crippen molar-refractivity contribution in [3.8, 4) is 0 Å². The van der Waals surface area contributed by atoms with Gasteiger partial charge in [0.1, 0.15) is 0 Å². The molecule has 0 aromatic rings. The van der Waals surface area contributed by atoms with E-state index in [1.807, 2.05) is 21.3 Å². The minimum Gasteiger partial charge on any atom is -0.381 e. The molecule has 3 nitrogen and oxygen atoms in total. The summed E-state index contributed by atoms with van der Waals surface area (Å²) in [7, 11) is 5.61. The topological polar surface area (TPSA) is 27.7 Å². The van der Waals surface area contributed by atoms with Crippen LogP contribution >= 0.6 is 0 Å². The van der Waals surface area contributed by atoms with Gasteiger partial charge in [0.05, 0.1) is 18.3 Å². The van der Waals surface area contributed by atoms with Crippen molar-refractivity contribution in [2.45, 2.75) is 193 Å². The Kier molecular flexibility index (Phi) is 17.1. The van der Waals surface area contributed by atoms with E-state index in [4.69, 9.17) is 14.2 Å². The second kappa shape index (κ2) is 20.4. The van der Waals surface area contributed by atoms with E-state index in [1.54, 1.807) is 0 Å². The summed E-state index contributed by atoms with van der Waals surface area (Å²) in [6.45, 7) is 7.24. The molecular formula is C42H78O3. The van der Waals surface area contributed by atoms with Gasteiger partial charge in [0.25, 0.3) is 0 Å². The fourth-order valence-electron chi connectivity index (χ4n) is 10.7. The summed E-state index contributed by atoms with van der Waals surface area (Å²) in [5, 5.41) is 0. The highest BCUT2D eigenvalue weighted by Gasteiger charge is 2.32. The normalized spacial score (nSPS) is 42.8. The maximum absolute atomic E-state index is 5.44. The van der Waals surface area contributed by atoms with Gasteiger partial charge in [0.2, 0.25) is 0 Å². The third-order valence-corrected chi connectivity index (χ3v) is 14.3. The minimum atomic E-state index is 0.573. The van der Waals surface area contributed by atoms with Gasteiger partial charge < -0.3 is 14.2 Å². The second-order valence-corrected chi connectivity index (χ2v) is 17.4. The average molecular weight is 631 g/mol. The van der Waals surface area contributed by atoms with Crippen molar-refractivity contribution in [1.29, 1.82) is 0 Å². The lowest BCUT2D eigenvalue weighted by molar-refractivity contribution is 0.0398. The lowest BCUT2D eigenvalue weighted by Crippen LogP contribution is -2.27. The number of ether oxygens (including phenoxy) is 3. The van der Waals surface area contributed by atoms with E-state index in [1.165, 1.54) is 154 Å². The minimum absolute atomic E-state index is 0.573. The van der Waals surface area contributed by atoms with Crippen LogP contribution in [-0.2, 0) is 14.2 Å². The van der Waals surface area contributed by atoms with Crippen LogP contribution in [0.5, 0.6) is 0 Å². The molecule has 0 amide bonds. The highest BCUT2D eigenvalue weighted by atomic mass is 16.5. The molecule has 6 aliphatic rings. The molecule has 0 radical (unpaired) electrons. The molecule has 0 bridgehead atoms. The van der Waals surface area contributed by atoms with Crippen LogP contribution in [0.15, 0.2) is 0 Å². The highest BCUT2D eigenvalue weighted by Crippen LogP contribution is 2.42. The van der Waals surface area contributed by atoms with Crippen LogP contribution in [0.2, 0.25) is 0 Å². The van der Waals surface area contributed by atoms with E-state index in [2.05, 4.69) is 20.8 Å². The fourth-order valence-corrected chi connectivity index (χ4v) is 10.7. The van der Waals surface area contributed by atoms with Gasteiger partial charge in [-0.25, -0.2) is 0 Å². The van der Waals surface area contributed by atoms with E-state index in [-0.39, 0.29) is 0 Å². The van der Waals surface area contributed by atoms with Gasteiger partial charge in [-0.1, -0.05) is 59.3 Å². The standard InChI is InChI=1S/3C14H26O/c3*1-11-3-5-12(6-4-11)13-7-9-14(15-2)10-8-13/h3*11-14H,3-10H2,1-2H3. The molecule has 0 unspecified atom stereocenters. The molecule has 3 heteroatoms. The second-order valence-electron chi connectivity index (χ2n) is 17.4. The van der Waals surface area contributed by atoms with Gasteiger partial charge in [0.15, 0.2) is 0 Å². The average Bonchev–Trinajstić information content (AvgIpc) is 3.10. The van der Waals surface area contributed by atoms with Crippen LogP contribution in [0.4, 0.5) is 0 Å². The summed E-state index contributed by atoms with van der Waals surface area (Å²) < 4.78 is 16.3. The van der Waals surface area contributed by atoms with Crippen LogP contribution in [0, 0.1) is 53.3 Å². The van der Waals surface area contributed by atoms with Crippen molar-refractivity contribution >= 4 is 0 Å². The number of methoxy groups -OCH3 is 3. The Bertz CT molecular complexity index is 621. The first kappa shape index (κ1) is 37.7. The fraction of sp³-hybridized carbons (Fsp3) is 1.00. The SMILES string of the molecule is COC1CCC(C2CCC(C)CC2)CC1.COC1CCC(C2CCC(C)CC2)CC1.COC1CCC(C2CCC(C)CC2)CC1. The molecule has 0 aromatic heterocycles. The van der Waals surface area contributed by atoms with E-state index >= 15 is 0 Å². The Labute approximate surface area is 281 Å². The van der Waals surface area contributed by atoms with Gasteiger partial charge in [-0.05, 0) is 169 Å². The van der Waals surface area contributed by atoms with Crippen molar-refractivity contribution in [1.82, 2.24) is 0 Å². The van der Waals surface area contributed by atoms with Gasteiger partial charge >= 0.3 is 0 Å². The predicted molar refractivity (Wildman–Crippen MR) is 192 cm³/mol. The lowest BCUT2D eigenvalue weighted by atomic mass is 9.71. The molecule has 0 atom stereocenters. The molecule has 6 aliphatic carbocycles. The van der Waals surface area contributed by atoms with Crippen molar-refractivity contribution in [2.75, 3.05) is 21.3 Å². The summed E-state index contributed by atoms with van der Waals surface area (Å²) in [4.78, 5) is 0. The van der Waals surface area contributed by atoms with E-state index < -0.39 is 0 Å². The summed E-state index contributed by atoms with van der Waals surface area (Å²) in [5.41, 5.74) is 0. The van der Waals surface area contributed by atoms with Crippen LogP contribution in [-0.4, -0.2) is 39.6 Å². The molecule has 0 spiro atoms. The monoisotopic (exact) mass is 631 g/mol. The van der Waals surface area contributed by atoms with Gasteiger partial charge in [0, 0.05) is 21.3 Å². The van der Waals surface area contributed by atoms with Crippen LogP contribution < -0.4 is 0 Å². The first-order chi connectivity index (χ1) is 21.9. The van der Waals surface area contributed by atoms with Crippen molar-refractivity contribution < 1.29 is 14.2 Å². The molecule has 0 aliphatic heterocycles. The van der Waals surface area contributed by atoms with Crippen molar-refractivity contribution in [2.24, 2.45) is 53.3 Å². The number of hydrogen-bond acceptors (Lipinski definition) is 3. The van der Waals surface area contributed by atoms with Gasteiger partial charge in [-0.15, -0.1) is 0 Å². The molecule has 0 saturated heterocycles. The summed E-state index contributed by atoms with van der Waals surface area (Å²) in [5.74, 6) is 9.25. The molecule has 6 rings (SSSR count). The van der Waals surface area contributed by atoms with Crippen molar-refractivity contribution in [3.63, 3.8) is 0 Å². The first-order valence-electron chi connectivity index (χ1n) is 20.5. The lowest BCUT2D eigenvalue weighted by Gasteiger charge is -2.36. The van der Waals surface area contributed by atoms with Crippen LogP contribution in [0.1, 0.15) is 175 Å². The Morgan fingerprint density at radius 1 is 0.244 bits per heavy atom.